The summed E-state index contributed by atoms with van der Waals surface area (Å²) in [6.07, 6.45) is 0. The van der Waals surface area contributed by atoms with Crippen molar-refractivity contribution >= 4 is 38.9 Å². The lowest BCUT2D eigenvalue weighted by molar-refractivity contribution is 0.0964. The van der Waals surface area contributed by atoms with E-state index in [1.807, 2.05) is 0 Å². The second-order valence-corrected chi connectivity index (χ2v) is 5.05. The Kier molecular flexibility index (Phi) is 4.24. The molecule has 0 saturated carbocycles. The zero-order chi connectivity index (χ0) is 14.7. The van der Waals surface area contributed by atoms with Gasteiger partial charge in [0.05, 0.1) is 16.9 Å². The fourth-order valence-corrected chi connectivity index (χ4v) is 2.07. The summed E-state index contributed by atoms with van der Waals surface area (Å²) in [6.45, 7) is 0. The van der Waals surface area contributed by atoms with Gasteiger partial charge in [-0.1, -0.05) is 15.9 Å². The number of anilines is 3. The summed E-state index contributed by atoms with van der Waals surface area (Å²) in [5.41, 5.74) is 7.31. The van der Waals surface area contributed by atoms with Crippen LogP contribution >= 0.6 is 15.9 Å². The molecule has 0 radical (unpaired) electrons. The van der Waals surface area contributed by atoms with E-state index in [0.29, 0.717) is 21.4 Å². The van der Waals surface area contributed by atoms with Gasteiger partial charge in [-0.25, -0.2) is 4.39 Å². The highest BCUT2D eigenvalue weighted by Crippen LogP contribution is 2.27. The number of nitrogen functional groups attached to an aromatic ring is 1. The Bertz CT molecular complexity index is 661. The zero-order valence-electron chi connectivity index (χ0n) is 10.7. The SMILES string of the molecule is CNC(=O)c1ccc(N)cc1Nc1ccc(Br)cc1F. The highest BCUT2D eigenvalue weighted by Gasteiger charge is 2.12. The smallest absolute Gasteiger partial charge is 0.253 e. The van der Waals surface area contributed by atoms with Crippen LogP contribution in [0.2, 0.25) is 0 Å². The third kappa shape index (κ3) is 3.08. The van der Waals surface area contributed by atoms with Crippen LogP contribution in [-0.4, -0.2) is 13.0 Å². The Labute approximate surface area is 124 Å². The molecule has 2 aromatic carbocycles. The highest BCUT2D eigenvalue weighted by molar-refractivity contribution is 9.10. The molecule has 20 heavy (non-hydrogen) atoms. The maximum Gasteiger partial charge on any atom is 0.253 e. The number of halogens is 2. The molecular weight excluding hydrogens is 325 g/mol. The van der Waals surface area contributed by atoms with E-state index in [9.17, 15) is 9.18 Å². The third-order valence-corrected chi connectivity index (χ3v) is 3.21. The fraction of sp³-hybridized carbons (Fsp3) is 0.0714. The number of benzene rings is 2. The molecular formula is C14H13BrFN3O. The number of amides is 1. The fourth-order valence-electron chi connectivity index (χ4n) is 1.73. The van der Waals surface area contributed by atoms with E-state index in [1.54, 1.807) is 30.3 Å². The number of rotatable bonds is 3. The van der Waals surface area contributed by atoms with E-state index >= 15 is 0 Å². The Morgan fingerprint density at radius 3 is 2.60 bits per heavy atom. The first-order chi connectivity index (χ1) is 9.51. The number of hydrogen-bond donors (Lipinski definition) is 3. The minimum Gasteiger partial charge on any atom is -0.399 e. The van der Waals surface area contributed by atoms with Crippen LogP contribution in [0.1, 0.15) is 10.4 Å². The van der Waals surface area contributed by atoms with Gasteiger partial charge in [0.25, 0.3) is 5.91 Å². The van der Waals surface area contributed by atoms with E-state index in [2.05, 4.69) is 26.6 Å². The molecule has 0 aliphatic heterocycles. The van der Waals surface area contributed by atoms with Crippen LogP contribution in [0, 0.1) is 5.82 Å². The maximum atomic E-state index is 13.8. The first kappa shape index (κ1) is 14.3. The first-order valence-electron chi connectivity index (χ1n) is 5.85. The zero-order valence-corrected chi connectivity index (χ0v) is 12.3. The Hall–Kier alpha value is -2.08. The normalized spacial score (nSPS) is 10.2. The molecule has 6 heteroatoms. The molecule has 4 nitrogen and oxygen atoms in total. The van der Waals surface area contributed by atoms with E-state index in [4.69, 9.17) is 5.73 Å². The van der Waals surface area contributed by atoms with Gasteiger partial charge in [-0.2, -0.15) is 0 Å². The standard InChI is InChI=1S/C14H13BrFN3O/c1-18-14(20)10-4-3-9(17)7-13(10)19-12-5-2-8(15)6-11(12)16/h2-7,19H,17H2,1H3,(H,18,20). The van der Waals surface area contributed by atoms with Crippen LogP contribution in [-0.2, 0) is 0 Å². The summed E-state index contributed by atoms with van der Waals surface area (Å²) < 4.78 is 14.5. The van der Waals surface area contributed by atoms with Crippen LogP contribution in [0.3, 0.4) is 0 Å². The van der Waals surface area contributed by atoms with E-state index in [1.165, 1.54) is 13.1 Å². The van der Waals surface area contributed by atoms with Gasteiger partial charge >= 0.3 is 0 Å². The van der Waals surface area contributed by atoms with Gasteiger partial charge in [0.2, 0.25) is 0 Å². The van der Waals surface area contributed by atoms with Gasteiger partial charge in [0, 0.05) is 17.2 Å². The summed E-state index contributed by atoms with van der Waals surface area (Å²) in [5, 5.41) is 5.42. The van der Waals surface area contributed by atoms with Crippen LogP contribution in [0.15, 0.2) is 40.9 Å². The molecule has 0 heterocycles. The molecule has 0 bridgehead atoms. The lowest BCUT2D eigenvalue weighted by Crippen LogP contribution is -2.19. The molecule has 0 spiro atoms. The monoisotopic (exact) mass is 337 g/mol. The molecule has 0 fully saturated rings. The van der Waals surface area contributed by atoms with Gasteiger partial charge in [0.1, 0.15) is 5.82 Å². The molecule has 2 aromatic rings. The van der Waals surface area contributed by atoms with Crippen LogP contribution < -0.4 is 16.4 Å². The average molecular weight is 338 g/mol. The van der Waals surface area contributed by atoms with E-state index < -0.39 is 5.82 Å². The van der Waals surface area contributed by atoms with Crippen molar-refractivity contribution in [1.82, 2.24) is 5.32 Å². The van der Waals surface area contributed by atoms with Crippen LogP contribution in [0.4, 0.5) is 21.5 Å². The third-order valence-electron chi connectivity index (χ3n) is 2.72. The molecule has 2 rings (SSSR count). The van der Waals surface area contributed by atoms with Crippen molar-refractivity contribution in [2.24, 2.45) is 0 Å². The van der Waals surface area contributed by atoms with Gasteiger partial charge in [-0.05, 0) is 36.4 Å². The molecule has 4 N–H and O–H groups in total. The van der Waals surface area contributed by atoms with Gasteiger partial charge < -0.3 is 16.4 Å². The molecule has 0 aliphatic rings. The predicted molar refractivity (Wildman–Crippen MR) is 81.6 cm³/mol. The molecule has 0 atom stereocenters. The van der Waals surface area contributed by atoms with Crippen molar-refractivity contribution in [3.05, 3.63) is 52.3 Å². The number of carbonyl (C=O) groups is 1. The molecule has 1 amide bonds. The highest BCUT2D eigenvalue weighted by atomic mass is 79.9. The minimum atomic E-state index is -0.426. The molecule has 0 aromatic heterocycles. The number of nitrogens with one attached hydrogen (secondary N) is 2. The summed E-state index contributed by atoms with van der Waals surface area (Å²) in [4.78, 5) is 11.8. The quantitative estimate of drug-likeness (QED) is 0.753. The Balaban J connectivity index is 2.41. The van der Waals surface area contributed by atoms with Crippen molar-refractivity contribution in [3.63, 3.8) is 0 Å². The average Bonchev–Trinajstić information content (AvgIpc) is 2.41. The van der Waals surface area contributed by atoms with Gasteiger partial charge in [-0.15, -0.1) is 0 Å². The lowest BCUT2D eigenvalue weighted by atomic mass is 10.1. The second-order valence-electron chi connectivity index (χ2n) is 4.13. The molecule has 0 saturated heterocycles. The van der Waals surface area contributed by atoms with Crippen molar-refractivity contribution in [2.75, 3.05) is 18.1 Å². The summed E-state index contributed by atoms with van der Waals surface area (Å²) in [6, 6.07) is 9.43. The number of carbonyl (C=O) groups excluding carboxylic acids is 1. The van der Waals surface area contributed by atoms with Crippen molar-refractivity contribution in [2.45, 2.75) is 0 Å². The Morgan fingerprint density at radius 1 is 1.20 bits per heavy atom. The Morgan fingerprint density at radius 2 is 1.95 bits per heavy atom. The number of hydrogen-bond acceptors (Lipinski definition) is 3. The largest absolute Gasteiger partial charge is 0.399 e. The lowest BCUT2D eigenvalue weighted by Gasteiger charge is -2.13. The van der Waals surface area contributed by atoms with Crippen molar-refractivity contribution in [3.8, 4) is 0 Å². The topological polar surface area (TPSA) is 67.2 Å². The van der Waals surface area contributed by atoms with Gasteiger partial charge in [-0.3, -0.25) is 4.79 Å². The second kappa shape index (κ2) is 5.92. The maximum absolute atomic E-state index is 13.8. The molecule has 0 aliphatic carbocycles. The summed E-state index contributed by atoms with van der Waals surface area (Å²) in [7, 11) is 1.53. The van der Waals surface area contributed by atoms with Gasteiger partial charge in [0.15, 0.2) is 0 Å². The predicted octanol–water partition coefficient (Wildman–Crippen LogP) is 3.27. The first-order valence-corrected chi connectivity index (χ1v) is 6.64. The summed E-state index contributed by atoms with van der Waals surface area (Å²) >= 11 is 3.19. The summed E-state index contributed by atoms with van der Waals surface area (Å²) in [5.74, 6) is -0.699. The van der Waals surface area contributed by atoms with Crippen LogP contribution in [0.25, 0.3) is 0 Å². The van der Waals surface area contributed by atoms with Crippen molar-refractivity contribution < 1.29 is 9.18 Å². The molecule has 104 valence electrons. The van der Waals surface area contributed by atoms with Crippen molar-refractivity contribution in [1.29, 1.82) is 0 Å². The van der Waals surface area contributed by atoms with E-state index in [-0.39, 0.29) is 11.6 Å². The van der Waals surface area contributed by atoms with E-state index in [0.717, 1.165) is 0 Å². The van der Waals surface area contributed by atoms with Crippen LogP contribution in [0.5, 0.6) is 0 Å². The number of nitrogens with two attached hydrogens (primary N) is 1. The molecule has 0 unspecified atom stereocenters. The minimum absolute atomic E-state index is 0.268.